The van der Waals surface area contributed by atoms with Crippen molar-refractivity contribution >= 4 is 17.3 Å². The summed E-state index contributed by atoms with van der Waals surface area (Å²) in [7, 11) is 0. The van der Waals surface area contributed by atoms with Gasteiger partial charge < -0.3 is 16.8 Å². The summed E-state index contributed by atoms with van der Waals surface area (Å²) >= 11 is 0. The molecule has 0 saturated carbocycles. The first-order valence-electron chi connectivity index (χ1n) is 4.88. The van der Waals surface area contributed by atoms with E-state index in [4.69, 9.17) is 11.5 Å². The van der Waals surface area contributed by atoms with Crippen LogP contribution in [0.25, 0.3) is 0 Å². The highest BCUT2D eigenvalue weighted by Gasteiger charge is 2.25. The fraction of sp³-hybridized carbons (Fsp3) is 0.364. The Morgan fingerprint density at radius 1 is 1.44 bits per heavy atom. The van der Waals surface area contributed by atoms with Crippen molar-refractivity contribution in [1.82, 2.24) is 0 Å². The zero-order chi connectivity index (χ0) is 12.5. The van der Waals surface area contributed by atoms with E-state index < -0.39 is 11.4 Å². The first-order chi connectivity index (χ1) is 7.24. The Morgan fingerprint density at radius 3 is 2.50 bits per heavy atom. The molecule has 88 valence electrons. The number of benzene rings is 1. The van der Waals surface area contributed by atoms with E-state index in [1.54, 1.807) is 26.8 Å². The van der Waals surface area contributed by atoms with Crippen LogP contribution in [0.5, 0.6) is 0 Å². The Kier molecular flexibility index (Phi) is 3.07. The number of amides is 1. The number of hydrogen-bond acceptors (Lipinski definition) is 3. The molecule has 0 heterocycles. The molecule has 16 heavy (non-hydrogen) atoms. The molecule has 0 aromatic heterocycles. The molecule has 1 rings (SSSR count). The number of nitrogens with two attached hydrogens (primary N) is 2. The van der Waals surface area contributed by atoms with E-state index >= 15 is 0 Å². The number of hydrogen-bond donors (Lipinski definition) is 3. The number of carbonyl (C=O) groups excluding carboxylic acids is 1. The van der Waals surface area contributed by atoms with Crippen molar-refractivity contribution in [3.8, 4) is 0 Å². The summed E-state index contributed by atoms with van der Waals surface area (Å²) < 4.78 is 13.2. The van der Waals surface area contributed by atoms with Crippen LogP contribution in [0.1, 0.15) is 19.4 Å². The molecule has 4 nitrogen and oxygen atoms in total. The molecule has 0 aliphatic heterocycles. The average molecular weight is 225 g/mol. The van der Waals surface area contributed by atoms with Gasteiger partial charge >= 0.3 is 0 Å². The zero-order valence-electron chi connectivity index (χ0n) is 9.60. The molecule has 1 amide bonds. The highest BCUT2D eigenvalue weighted by Crippen LogP contribution is 2.25. The maximum absolute atomic E-state index is 13.2. The van der Waals surface area contributed by atoms with Crippen molar-refractivity contribution in [1.29, 1.82) is 0 Å². The largest absolute Gasteiger partial charge is 0.397 e. The van der Waals surface area contributed by atoms with Crippen LogP contribution in [-0.2, 0) is 4.79 Å². The van der Waals surface area contributed by atoms with Gasteiger partial charge in [-0.05, 0) is 38.5 Å². The fourth-order valence-electron chi connectivity index (χ4n) is 1.20. The highest BCUT2D eigenvalue weighted by atomic mass is 19.1. The van der Waals surface area contributed by atoms with E-state index in [1.165, 1.54) is 6.07 Å². The van der Waals surface area contributed by atoms with Gasteiger partial charge in [-0.2, -0.15) is 0 Å². The molecule has 0 aliphatic carbocycles. The van der Waals surface area contributed by atoms with Crippen molar-refractivity contribution < 1.29 is 9.18 Å². The molecule has 0 fully saturated rings. The summed E-state index contributed by atoms with van der Waals surface area (Å²) in [4.78, 5) is 11.1. The molecule has 1 aromatic carbocycles. The molecule has 0 atom stereocenters. The number of aryl methyl sites for hydroxylation is 1. The lowest BCUT2D eigenvalue weighted by Gasteiger charge is -2.24. The maximum Gasteiger partial charge on any atom is 0.242 e. The van der Waals surface area contributed by atoms with Crippen LogP contribution in [0.3, 0.4) is 0 Å². The minimum atomic E-state index is -0.932. The molecule has 0 spiro atoms. The summed E-state index contributed by atoms with van der Waals surface area (Å²) in [5, 5.41) is 2.89. The Labute approximate surface area is 93.8 Å². The number of carbonyl (C=O) groups is 1. The van der Waals surface area contributed by atoms with E-state index in [0.717, 1.165) is 0 Å². The SMILES string of the molecule is Cc1cc(NC(C)(C)C(N)=O)c(N)cc1F. The third-order valence-electron chi connectivity index (χ3n) is 2.39. The van der Waals surface area contributed by atoms with Crippen LogP contribution < -0.4 is 16.8 Å². The minimum absolute atomic E-state index is 0.248. The van der Waals surface area contributed by atoms with Crippen LogP contribution in [0.15, 0.2) is 12.1 Å². The van der Waals surface area contributed by atoms with Crippen molar-refractivity contribution in [2.45, 2.75) is 26.3 Å². The van der Waals surface area contributed by atoms with E-state index in [1.807, 2.05) is 0 Å². The third-order valence-corrected chi connectivity index (χ3v) is 2.39. The lowest BCUT2D eigenvalue weighted by atomic mass is 10.0. The molecule has 5 heteroatoms. The van der Waals surface area contributed by atoms with E-state index in [2.05, 4.69) is 5.32 Å². The van der Waals surface area contributed by atoms with Gasteiger partial charge in [0.15, 0.2) is 0 Å². The van der Waals surface area contributed by atoms with Crippen LogP contribution >= 0.6 is 0 Å². The van der Waals surface area contributed by atoms with Crippen LogP contribution in [0, 0.1) is 12.7 Å². The van der Waals surface area contributed by atoms with Gasteiger partial charge in [0.2, 0.25) is 5.91 Å². The smallest absolute Gasteiger partial charge is 0.242 e. The molecular weight excluding hydrogens is 209 g/mol. The third kappa shape index (κ3) is 2.42. The second-order valence-electron chi connectivity index (χ2n) is 4.30. The summed E-state index contributed by atoms with van der Waals surface area (Å²) in [5.41, 5.74) is 11.1. The summed E-state index contributed by atoms with van der Waals surface area (Å²) in [5.74, 6) is -0.881. The Balaban J connectivity index is 3.07. The Hall–Kier alpha value is -1.78. The standard InChI is InChI=1S/C11H16FN3O/c1-6-4-9(8(13)5-7(6)12)15-11(2,3)10(14)16/h4-5,15H,13H2,1-3H3,(H2,14,16). The number of nitrogen functional groups attached to an aromatic ring is 1. The Morgan fingerprint density at radius 2 is 2.00 bits per heavy atom. The van der Waals surface area contributed by atoms with Gasteiger partial charge in [0.1, 0.15) is 11.4 Å². The van der Waals surface area contributed by atoms with Gasteiger partial charge in [-0.25, -0.2) is 4.39 Å². The lowest BCUT2D eigenvalue weighted by molar-refractivity contribution is -0.121. The molecule has 1 aromatic rings. The topological polar surface area (TPSA) is 81.1 Å². The first-order valence-corrected chi connectivity index (χ1v) is 4.88. The van der Waals surface area contributed by atoms with Crippen molar-refractivity contribution in [3.05, 3.63) is 23.5 Å². The summed E-state index contributed by atoms with van der Waals surface area (Å²) in [6, 6.07) is 2.77. The summed E-state index contributed by atoms with van der Waals surface area (Å²) in [6.45, 7) is 4.89. The Bertz CT molecular complexity index is 429. The van der Waals surface area contributed by atoms with Gasteiger partial charge in [0.05, 0.1) is 11.4 Å². The molecular formula is C11H16FN3O. The highest BCUT2D eigenvalue weighted by molar-refractivity contribution is 5.88. The summed E-state index contributed by atoms with van der Waals surface area (Å²) in [6.07, 6.45) is 0. The van der Waals surface area contributed by atoms with Gasteiger partial charge in [-0.3, -0.25) is 4.79 Å². The van der Waals surface area contributed by atoms with Gasteiger partial charge in [-0.15, -0.1) is 0 Å². The molecule has 0 unspecified atom stereocenters. The van der Waals surface area contributed by atoms with Crippen molar-refractivity contribution in [2.75, 3.05) is 11.1 Å². The fourth-order valence-corrected chi connectivity index (χ4v) is 1.20. The average Bonchev–Trinajstić information content (AvgIpc) is 2.13. The molecule has 0 aliphatic rings. The molecule has 0 saturated heterocycles. The van der Waals surface area contributed by atoms with Gasteiger partial charge in [0.25, 0.3) is 0 Å². The number of halogens is 1. The normalized spacial score (nSPS) is 11.2. The quantitative estimate of drug-likeness (QED) is 0.680. The second-order valence-corrected chi connectivity index (χ2v) is 4.30. The van der Waals surface area contributed by atoms with E-state index in [-0.39, 0.29) is 11.5 Å². The van der Waals surface area contributed by atoms with Crippen molar-refractivity contribution in [2.24, 2.45) is 5.73 Å². The van der Waals surface area contributed by atoms with Crippen LogP contribution in [-0.4, -0.2) is 11.4 Å². The number of nitrogens with one attached hydrogen (secondary N) is 1. The monoisotopic (exact) mass is 225 g/mol. The van der Waals surface area contributed by atoms with Crippen LogP contribution in [0.2, 0.25) is 0 Å². The van der Waals surface area contributed by atoms with E-state index in [0.29, 0.717) is 11.3 Å². The number of rotatable bonds is 3. The zero-order valence-corrected chi connectivity index (χ0v) is 9.60. The van der Waals surface area contributed by atoms with E-state index in [9.17, 15) is 9.18 Å². The minimum Gasteiger partial charge on any atom is -0.397 e. The number of anilines is 2. The maximum atomic E-state index is 13.2. The predicted molar refractivity (Wildman–Crippen MR) is 62.4 cm³/mol. The van der Waals surface area contributed by atoms with Crippen molar-refractivity contribution in [3.63, 3.8) is 0 Å². The van der Waals surface area contributed by atoms with Gasteiger partial charge in [-0.1, -0.05) is 0 Å². The molecule has 0 bridgehead atoms. The first kappa shape index (κ1) is 12.3. The van der Waals surface area contributed by atoms with Gasteiger partial charge in [0, 0.05) is 0 Å². The number of primary amides is 1. The predicted octanol–water partition coefficient (Wildman–Crippen LogP) is 1.39. The second kappa shape index (κ2) is 4.00. The molecule has 5 N–H and O–H groups in total. The molecule has 0 radical (unpaired) electrons. The van der Waals surface area contributed by atoms with Crippen LogP contribution in [0.4, 0.5) is 15.8 Å². The lowest BCUT2D eigenvalue weighted by Crippen LogP contribution is -2.45.